The second-order valence-electron chi connectivity index (χ2n) is 3.79. The average molecular weight is 243 g/mol. The number of Topliss-reactive ketones (excluding diaryl/α,β-unsaturated/α-hetero) is 1. The Morgan fingerprint density at radius 2 is 2.00 bits per heavy atom. The first kappa shape index (κ1) is 12.3. The van der Waals surface area contributed by atoms with Crippen LogP contribution in [-0.2, 0) is 0 Å². The van der Waals surface area contributed by atoms with E-state index in [-0.39, 0.29) is 0 Å². The molecule has 1 N–H and O–H groups in total. The van der Waals surface area contributed by atoms with Gasteiger partial charge < -0.3 is 9.84 Å². The van der Waals surface area contributed by atoms with Crippen molar-refractivity contribution in [1.29, 1.82) is 0 Å². The molecule has 92 valence electrons. The molecule has 1 unspecified atom stereocenters. The zero-order valence-corrected chi connectivity index (χ0v) is 9.91. The van der Waals surface area contributed by atoms with E-state index in [0.717, 1.165) is 0 Å². The molecule has 0 radical (unpaired) electrons. The molecule has 0 aliphatic rings. The summed E-state index contributed by atoms with van der Waals surface area (Å²) in [5.74, 6) is 0.0914. The second kappa shape index (κ2) is 5.42. The molecule has 2 aromatic rings. The lowest BCUT2D eigenvalue weighted by Crippen LogP contribution is -2.12. The van der Waals surface area contributed by atoms with Crippen molar-refractivity contribution in [3.05, 3.63) is 59.9 Å². The lowest BCUT2D eigenvalue weighted by molar-refractivity contribution is 0.0746. The van der Waals surface area contributed by atoms with Crippen LogP contribution >= 0.6 is 0 Å². The lowest BCUT2D eigenvalue weighted by atomic mass is 10.0. The molecule has 4 heteroatoms. The molecule has 0 saturated carbocycles. The van der Waals surface area contributed by atoms with Crippen molar-refractivity contribution >= 4 is 5.78 Å². The monoisotopic (exact) mass is 243 g/mol. The quantitative estimate of drug-likeness (QED) is 0.834. The number of rotatable bonds is 4. The molecule has 1 heterocycles. The van der Waals surface area contributed by atoms with Gasteiger partial charge in [0, 0.05) is 11.8 Å². The number of pyridine rings is 1. The first-order valence-electron chi connectivity index (χ1n) is 5.48. The Labute approximate surface area is 105 Å². The third-order valence-electron chi connectivity index (χ3n) is 2.60. The molecule has 0 amide bonds. The summed E-state index contributed by atoms with van der Waals surface area (Å²) in [5.41, 5.74) is 0.885. The minimum atomic E-state index is -1.18. The van der Waals surface area contributed by atoms with Crippen LogP contribution in [-0.4, -0.2) is 23.0 Å². The van der Waals surface area contributed by atoms with Crippen molar-refractivity contribution in [3.8, 4) is 5.75 Å². The highest BCUT2D eigenvalue weighted by Gasteiger charge is 2.19. The summed E-state index contributed by atoms with van der Waals surface area (Å²) in [6, 6.07) is 10.3. The maximum absolute atomic E-state index is 12.1. The van der Waals surface area contributed by atoms with Crippen LogP contribution in [0.5, 0.6) is 5.75 Å². The predicted octanol–water partition coefficient (Wildman–Crippen LogP) is 2.01. The van der Waals surface area contributed by atoms with E-state index < -0.39 is 11.9 Å². The number of hydrogen-bond acceptors (Lipinski definition) is 4. The van der Waals surface area contributed by atoms with Crippen LogP contribution in [0, 0.1) is 0 Å². The molecule has 18 heavy (non-hydrogen) atoms. The Kier molecular flexibility index (Phi) is 3.69. The van der Waals surface area contributed by atoms with Gasteiger partial charge in [0.1, 0.15) is 11.9 Å². The number of aromatic nitrogens is 1. The fourth-order valence-electron chi connectivity index (χ4n) is 1.61. The maximum Gasteiger partial charge on any atom is 0.197 e. The van der Waals surface area contributed by atoms with Gasteiger partial charge in [-0.3, -0.25) is 9.78 Å². The third kappa shape index (κ3) is 2.55. The number of ketones is 1. The zero-order valence-electron chi connectivity index (χ0n) is 9.91. The van der Waals surface area contributed by atoms with Gasteiger partial charge in [-0.05, 0) is 11.6 Å². The Morgan fingerprint density at radius 1 is 1.28 bits per heavy atom. The molecule has 2 rings (SSSR count). The van der Waals surface area contributed by atoms with Crippen molar-refractivity contribution in [3.63, 3.8) is 0 Å². The topological polar surface area (TPSA) is 59.4 Å². The van der Waals surface area contributed by atoms with E-state index in [1.165, 1.54) is 19.5 Å². The third-order valence-corrected chi connectivity index (χ3v) is 2.60. The van der Waals surface area contributed by atoms with Crippen LogP contribution in [0.3, 0.4) is 0 Å². The van der Waals surface area contributed by atoms with Gasteiger partial charge in [0.25, 0.3) is 0 Å². The first-order valence-corrected chi connectivity index (χ1v) is 5.48. The maximum atomic E-state index is 12.1. The zero-order chi connectivity index (χ0) is 13.0. The van der Waals surface area contributed by atoms with Crippen molar-refractivity contribution in [2.75, 3.05) is 7.11 Å². The molecule has 0 saturated heterocycles. The van der Waals surface area contributed by atoms with E-state index in [9.17, 15) is 9.90 Å². The highest BCUT2D eigenvalue weighted by molar-refractivity contribution is 5.99. The standard InChI is InChI=1S/C14H13NO3/c1-18-12-7-11(8-15-9-12)14(17)13(16)10-5-3-2-4-6-10/h2-9,13,16H,1H3. The summed E-state index contributed by atoms with van der Waals surface area (Å²) >= 11 is 0. The molecular weight excluding hydrogens is 230 g/mol. The predicted molar refractivity (Wildman–Crippen MR) is 66.5 cm³/mol. The van der Waals surface area contributed by atoms with Crippen LogP contribution in [0.15, 0.2) is 48.8 Å². The van der Waals surface area contributed by atoms with E-state index in [1.54, 1.807) is 30.3 Å². The molecule has 1 atom stereocenters. The van der Waals surface area contributed by atoms with E-state index in [4.69, 9.17) is 4.74 Å². The van der Waals surface area contributed by atoms with Gasteiger partial charge in [-0.1, -0.05) is 30.3 Å². The number of carbonyl (C=O) groups is 1. The summed E-state index contributed by atoms with van der Waals surface area (Å²) in [4.78, 5) is 16.0. The minimum absolute atomic E-state index is 0.325. The van der Waals surface area contributed by atoms with Crippen LogP contribution in [0.4, 0.5) is 0 Å². The van der Waals surface area contributed by atoms with Crippen molar-refractivity contribution < 1.29 is 14.6 Å². The van der Waals surface area contributed by atoms with Crippen LogP contribution < -0.4 is 4.74 Å². The van der Waals surface area contributed by atoms with Gasteiger partial charge in [-0.2, -0.15) is 0 Å². The van der Waals surface area contributed by atoms with Crippen LogP contribution in [0.1, 0.15) is 22.0 Å². The summed E-state index contributed by atoms with van der Waals surface area (Å²) in [6.45, 7) is 0. The Bertz CT molecular complexity index is 540. The van der Waals surface area contributed by atoms with E-state index in [0.29, 0.717) is 16.9 Å². The Morgan fingerprint density at radius 3 is 2.67 bits per heavy atom. The Balaban J connectivity index is 2.25. The number of carbonyl (C=O) groups excluding carboxylic acids is 1. The highest BCUT2D eigenvalue weighted by atomic mass is 16.5. The van der Waals surface area contributed by atoms with E-state index >= 15 is 0 Å². The van der Waals surface area contributed by atoms with Crippen LogP contribution in [0.25, 0.3) is 0 Å². The van der Waals surface area contributed by atoms with Gasteiger partial charge >= 0.3 is 0 Å². The average Bonchev–Trinajstić information content (AvgIpc) is 2.46. The summed E-state index contributed by atoms with van der Waals surface area (Å²) < 4.78 is 4.99. The number of benzene rings is 1. The molecule has 0 aliphatic carbocycles. The van der Waals surface area contributed by atoms with Gasteiger partial charge in [-0.25, -0.2) is 0 Å². The number of methoxy groups -OCH3 is 1. The van der Waals surface area contributed by atoms with Crippen molar-refractivity contribution in [2.45, 2.75) is 6.10 Å². The molecule has 0 fully saturated rings. The van der Waals surface area contributed by atoms with Crippen molar-refractivity contribution in [2.24, 2.45) is 0 Å². The van der Waals surface area contributed by atoms with Crippen molar-refractivity contribution in [1.82, 2.24) is 4.98 Å². The van der Waals surface area contributed by atoms with E-state index in [1.807, 2.05) is 6.07 Å². The smallest absolute Gasteiger partial charge is 0.197 e. The first-order chi connectivity index (χ1) is 8.72. The highest BCUT2D eigenvalue weighted by Crippen LogP contribution is 2.19. The van der Waals surface area contributed by atoms with Gasteiger partial charge in [0.2, 0.25) is 0 Å². The van der Waals surface area contributed by atoms with Gasteiger partial charge in [-0.15, -0.1) is 0 Å². The molecule has 0 aliphatic heterocycles. The number of aliphatic hydroxyl groups is 1. The molecule has 0 spiro atoms. The Hall–Kier alpha value is -2.20. The summed E-state index contributed by atoms with van der Waals surface area (Å²) in [6.07, 6.45) is 1.74. The molecule has 1 aromatic heterocycles. The molecule has 1 aromatic carbocycles. The van der Waals surface area contributed by atoms with Crippen LogP contribution in [0.2, 0.25) is 0 Å². The largest absolute Gasteiger partial charge is 0.495 e. The van der Waals surface area contributed by atoms with Gasteiger partial charge in [0.05, 0.1) is 13.3 Å². The number of aliphatic hydroxyl groups excluding tert-OH is 1. The second-order valence-corrected chi connectivity index (χ2v) is 3.79. The normalized spacial score (nSPS) is 11.9. The summed E-state index contributed by atoms with van der Waals surface area (Å²) in [5, 5.41) is 9.99. The number of ether oxygens (including phenoxy) is 1. The van der Waals surface area contributed by atoms with Gasteiger partial charge in [0.15, 0.2) is 5.78 Å². The number of hydrogen-bond donors (Lipinski definition) is 1. The SMILES string of the molecule is COc1cncc(C(=O)C(O)c2ccccc2)c1. The molecule has 0 bridgehead atoms. The fraction of sp³-hybridized carbons (Fsp3) is 0.143. The molecular formula is C14H13NO3. The lowest BCUT2D eigenvalue weighted by Gasteiger charge is -2.10. The summed E-state index contributed by atoms with van der Waals surface area (Å²) in [7, 11) is 1.50. The number of nitrogens with zero attached hydrogens (tertiary/aromatic N) is 1. The molecule has 4 nitrogen and oxygen atoms in total. The van der Waals surface area contributed by atoms with E-state index in [2.05, 4.69) is 4.98 Å². The minimum Gasteiger partial charge on any atom is -0.495 e. The fourth-order valence-corrected chi connectivity index (χ4v) is 1.61.